The Hall–Kier alpha value is -2.10. The molecular weight excluding hydrogens is 342 g/mol. The molecule has 2 aromatic heterocycles. The minimum Gasteiger partial charge on any atom is -0.339 e. The zero-order valence-electron chi connectivity index (χ0n) is 15.7. The van der Waals surface area contributed by atoms with Crippen LogP contribution < -0.4 is 0 Å². The van der Waals surface area contributed by atoms with E-state index in [-0.39, 0.29) is 12.4 Å². The number of pyridine rings is 1. The molecule has 0 spiro atoms. The summed E-state index contributed by atoms with van der Waals surface area (Å²) in [5.74, 6) is 0. The normalized spacial score (nSPS) is 11.5. The Morgan fingerprint density at radius 3 is 2.54 bits per heavy atom. The molecular formula is C22H26ClN3. The van der Waals surface area contributed by atoms with Gasteiger partial charge in [-0.2, -0.15) is 0 Å². The quantitative estimate of drug-likeness (QED) is 0.470. The average molecular weight is 368 g/mol. The van der Waals surface area contributed by atoms with E-state index in [1.807, 2.05) is 12.4 Å². The van der Waals surface area contributed by atoms with Crippen LogP contribution in [0.1, 0.15) is 19.4 Å². The number of fused-ring (bicyclic) bond motifs is 4. The molecule has 0 aliphatic heterocycles. The van der Waals surface area contributed by atoms with E-state index in [2.05, 4.69) is 71.6 Å². The van der Waals surface area contributed by atoms with Gasteiger partial charge in [0.25, 0.3) is 0 Å². The SMILES string of the molecule is CCN(CC)CCn1c2ccccc2c2cc3cnccc3c(C)c21.Cl. The molecule has 0 N–H and O–H groups in total. The van der Waals surface area contributed by atoms with E-state index < -0.39 is 0 Å². The molecule has 0 atom stereocenters. The monoisotopic (exact) mass is 367 g/mol. The minimum absolute atomic E-state index is 0. The van der Waals surface area contributed by atoms with Gasteiger partial charge in [0.05, 0.1) is 5.52 Å². The Morgan fingerprint density at radius 1 is 1.00 bits per heavy atom. The third-order valence-electron chi connectivity index (χ3n) is 5.46. The molecule has 136 valence electrons. The van der Waals surface area contributed by atoms with Crippen LogP contribution in [0.2, 0.25) is 0 Å². The highest BCUT2D eigenvalue weighted by molar-refractivity contribution is 6.14. The summed E-state index contributed by atoms with van der Waals surface area (Å²) in [5.41, 5.74) is 4.05. The predicted molar refractivity (Wildman–Crippen MR) is 115 cm³/mol. The molecule has 2 aromatic carbocycles. The number of aryl methyl sites for hydroxylation is 1. The lowest BCUT2D eigenvalue weighted by Crippen LogP contribution is -2.27. The van der Waals surface area contributed by atoms with Gasteiger partial charge in [0.15, 0.2) is 0 Å². The van der Waals surface area contributed by atoms with E-state index in [0.29, 0.717) is 0 Å². The van der Waals surface area contributed by atoms with E-state index >= 15 is 0 Å². The number of rotatable bonds is 5. The summed E-state index contributed by atoms with van der Waals surface area (Å²) in [5, 5.41) is 5.20. The molecule has 0 aliphatic rings. The topological polar surface area (TPSA) is 21.1 Å². The van der Waals surface area contributed by atoms with Crippen molar-refractivity contribution in [1.29, 1.82) is 0 Å². The van der Waals surface area contributed by atoms with Crippen molar-refractivity contribution in [2.45, 2.75) is 27.3 Å². The standard InChI is InChI=1S/C22H25N3.ClH/c1-4-24(5-2)12-13-25-21-9-7-6-8-19(21)20-14-17-15-23-11-10-18(17)16(3)22(20)25;/h6-11,14-15H,4-5,12-13H2,1-3H3;1H. The summed E-state index contributed by atoms with van der Waals surface area (Å²) in [6.07, 6.45) is 3.87. The molecule has 4 rings (SSSR count). The van der Waals surface area contributed by atoms with Crippen LogP contribution in [0.15, 0.2) is 48.8 Å². The Bertz CT molecular complexity index is 1050. The van der Waals surface area contributed by atoms with Gasteiger partial charge in [0, 0.05) is 47.2 Å². The van der Waals surface area contributed by atoms with Crippen LogP contribution in [0.4, 0.5) is 0 Å². The molecule has 3 nitrogen and oxygen atoms in total. The highest BCUT2D eigenvalue weighted by Crippen LogP contribution is 2.35. The lowest BCUT2D eigenvalue weighted by atomic mass is 10.0. The molecule has 0 aliphatic carbocycles. The zero-order chi connectivity index (χ0) is 17.4. The molecule has 4 heteroatoms. The summed E-state index contributed by atoms with van der Waals surface area (Å²) >= 11 is 0. The van der Waals surface area contributed by atoms with Crippen molar-refractivity contribution in [2.75, 3.05) is 19.6 Å². The largest absolute Gasteiger partial charge is 0.339 e. The molecule has 0 saturated carbocycles. The van der Waals surface area contributed by atoms with E-state index in [9.17, 15) is 0 Å². The summed E-state index contributed by atoms with van der Waals surface area (Å²) in [7, 11) is 0. The molecule has 0 radical (unpaired) electrons. The molecule has 0 fully saturated rings. The summed E-state index contributed by atoms with van der Waals surface area (Å²) in [6, 6.07) is 13.2. The Morgan fingerprint density at radius 2 is 1.77 bits per heavy atom. The number of para-hydroxylation sites is 1. The first-order valence-corrected chi connectivity index (χ1v) is 9.21. The van der Waals surface area contributed by atoms with Crippen molar-refractivity contribution in [3.63, 3.8) is 0 Å². The highest BCUT2D eigenvalue weighted by atomic mass is 35.5. The number of halogens is 1. The molecule has 2 heterocycles. The maximum atomic E-state index is 4.32. The molecule has 0 amide bonds. The Kier molecular flexibility index (Phi) is 5.49. The van der Waals surface area contributed by atoms with Gasteiger partial charge in [-0.15, -0.1) is 12.4 Å². The van der Waals surface area contributed by atoms with Crippen LogP contribution in [0.25, 0.3) is 32.6 Å². The van der Waals surface area contributed by atoms with Gasteiger partial charge in [-0.05, 0) is 49.2 Å². The molecule has 0 unspecified atom stereocenters. The molecule has 0 bridgehead atoms. The third-order valence-corrected chi connectivity index (χ3v) is 5.46. The predicted octanol–water partition coefficient (Wildman–Crippen LogP) is 5.41. The number of hydrogen-bond donors (Lipinski definition) is 0. The second-order valence-corrected chi connectivity index (χ2v) is 6.69. The van der Waals surface area contributed by atoms with Crippen LogP contribution in [0.3, 0.4) is 0 Å². The van der Waals surface area contributed by atoms with Gasteiger partial charge in [-0.3, -0.25) is 4.98 Å². The van der Waals surface area contributed by atoms with Crippen LogP contribution in [-0.2, 0) is 6.54 Å². The Balaban J connectivity index is 0.00000196. The third kappa shape index (κ3) is 2.95. The van der Waals surface area contributed by atoms with Crippen molar-refractivity contribution in [1.82, 2.24) is 14.5 Å². The summed E-state index contributed by atoms with van der Waals surface area (Å²) < 4.78 is 2.51. The van der Waals surface area contributed by atoms with Crippen LogP contribution in [0, 0.1) is 6.92 Å². The van der Waals surface area contributed by atoms with Crippen molar-refractivity contribution < 1.29 is 0 Å². The fourth-order valence-corrected chi connectivity index (χ4v) is 4.04. The lowest BCUT2D eigenvalue weighted by molar-refractivity contribution is 0.293. The number of likely N-dealkylation sites (N-methyl/N-ethyl adjacent to an activating group) is 1. The number of benzene rings is 2. The van der Waals surface area contributed by atoms with Crippen molar-refractivity contribution in [3.8, 4) is 0 Å². The summed E-state index contributed by atoms with van der Waals surface area (Å²) in [6.45, 7) is 11.0. The van der Waals surface area contributed by atoms with Crippen LogP contribution in [0.5, 0.6) is 0 Å². The van der Waals surface area contributed by atoms with Crippen molar-refractivity contribution >= 4 is 45.0 Å². The van der Waals surface area contributed by atoms with Gasteiger partial charge >= 0.3 is 0 Å². The summed E-state index contributed by atoms with van der Waals surface area (Å²) in [4.78, 5) is 6.80. The smallest absolute Gasteiger partial charge is 0.0528 e. The van der Waals surface area contributed by atoms with Gasteiger partial charge < -0.3 is 9.47 Å². The lowest BCUT2D eigenvalue weighted by Gasteiger charge is -2.19. The number of aromatic nitrogens is 2. The molecule has 26 heavy (non-hydrogen) atoms. The van der Waals surface area contributed by atoms with Crippen LogP contribution >= 0.6 is 12.4 Å². The van der Waals surface area contributed by atoms with E-state index in [4.69, 9.17) is 0 Å². The first-order valence-electron chi connectivity index (χ1n) is 9.21. The first kappa shape index (κ1) is 18.7. The Labute approximate surface area is 161 Å². The van der Waals surface area contributed by atoms with Gasteiger partial charge in [-0.25, -0.2) is 0 Å². The van der Waals surface area contributed by atoms with Crippen LogP contribution in [-0.4, -0.2) is 34.1 Å². The van der Waals surface area contributed by atoms with E-state index in [0.717, 1.165) is 26.2 Å². The molecule has 0 saturated heterocycles. The maximum Gasteiger partial charge on any atom is 0.0528 e. The van der Waals surface area contributed by atoms with E-state index in [1.165, 1.54) is 38.1 Å². The number of nitrogens with zero attached hydrogens (tertiary/aromatic N) is 3. The minimum atomic E-state index is 0. The molecule has 4 aromatic rings. The first-order chi connectivity index (χ1) is 12.2. The van der Waals surface area contributed by atoms with E-state index in [1.54, 1.807) is 0 Å². The van der Waals surface area contributed by atoms with Gasteiger partial charge in [0.1, 0.15) is 0 Å². The fraction of sp³-hybridized carbons (Fsp3) is 0.318. The zero-order valence-corrected chi connectivity index (χ0v) is 16.5. The van der Waals surface area contributed by atoms with Crippen molar-refractivity contribution in [3.05, 3.63) is 54.4 Å². The average Bonchev–Trinajstić information content (AvgIpc) is 2.97. The highest BCUT2D eigenvalue weighted by Gasteiger charge is 2.15. The maximum absolute atomic E-state index is 4.32. The second-order valence-electron chi connectivity index (χ2n) is 6.69. The van der Waals surface area contributed by atoms with Crippen molar-refractivity contribution in [2.24, 2.45) is 0 Å². The van der Waals surface area contributed by atoms with Gasteiger partial charge in [-0.1, -0.05) is 32.0 Å². The second kappa shape index (κ2) is 7.65. The number of hydrogen-bond acceptors (Lipinski definition) is 2. The fourth-order valence-electron chi connectivity index (χ4n) is 4.04. The van der Waals surface area contributed by atoms with Gasteiger partial charge in [0.2, 0.25) is 0 Å².